The molecule has 1 saturated heterocycles. The number of alkyl carbamates (subject to hydrolysis) is 1. The van der Waals surface area contributed by atoms with Gasteiger partial charge in [0.1, 0.15) is 11.4 Å². The lowest BCUT2D eigenvalue weighted by Gasteiger charge is -2.30. The summed E-state index contributed by atoms with van der Waals surface area (Å²) in [5.74, 6) is 2.13. The number of hydrogen-bond donors (Lipinski definition) is 2. The number of nitrogens with zero attached hydrogens (tertiary/aromatic N) is 3. The molecule has 0 bridgehead atoms. The van der Waals surface area contributed by atoms with Crippen LogP contribution in [0.1, 0.15) is 46.1 Å². The fourth-order valence-corrected chi connectivity index (χ4v) is 5.22. The van der Waals surface area contributed by atoms with Gasteiger partial charge < -0.3 is 15.8 Å². The average molecular weight is 468 g/mol. The third-order valence-electron chi connectivity index (χ3n) is 6.93. The molecule has 1 amide bonds. The maximum absolute atomic E-state index is 12.1. The van der Waals surface area contributed by atoms with E-state index in [1.165, 1.54) is 10.1 Å². The molecule has 184 valence electrons. The molecule has 8 nitrogen and oxygen atoms in total. The summed E-state index contributed by atoms with van der Waals surface area (Å²) in [5, 5.41) is 2.95. The van der Waals surface area contributed by atoms with E-state index in [-0.39, 0.29) is 17.6 Å². The van der Waals surface area contributed by atoms with Crippen LogP contribution in [0.3, 0.4) is 0 Å². The zero-order chi connectivity index (χ0) is 24.5. The van der Waals surface area contributed by atoms with Gasteiger partial charge >= 0.3 is 11.8 Å². The summed E-state index contributed by atoms with van der Waals surface area (Å²) in [5.41, 5.74) is 6.81. The number of fused-ring (bicyclic) bond motifs is 1. The van der Waals surface area contributed by atoms with E-state index in [2.05, 4.69) is 34.3 Å². The summed E-state index contributed by atoms with van der Waals surface area (Å²) in [6.07, 6.45) is 4.63. The minimum atomic E-state index is -0.464. The Morgan fingerprint density at radius 3 is 2.47 bits per heavy atom. The van der Waals surface area contributed by atoms with Crippen molar-refractivity contribution in [3.8, 4) is 5.69 Å². The van der Waals surface area contributed by atoms with Gasteiger partial charge in [-0.25, -0.2) is 9.59 Å². The maximum atomic E-state index is 12.1. The van der Waals surface area contributed by atoms with Crippen molar-refractivity contribution < 1.29 is 9.53 Å². The molecular formula is C26H37N5O3. The van der Waals surface area contributed by atoms with Gasteiger partial charge in [0.2, 0.25) is 0 Å². The topological polar surface area (TPSA) is 102 Å². The second kappa shape index (κ2) is 9.78. The van der Waals surface area contributed by atoms with Crippen LogP contribution >= 0.6 is 0 Å². The number of nitrogens with one attached hydrogen (secondary N) is 1. The number of ether oxygens (including phenoxy) is 1. The molecule has 2 unspecified atom stereocenters. The number of hydrogen-bond acceptors (Lipinski definition) is 6. The summed E-state index contributed by atoms with van der Waals surface area (Å²) in [4.78, 5) is 30.5. The molecule has 1 aliphatic heterocycles. The van der Waals surface area contributed by atoms with E-state index in [0.29, 0.717) is 30.3 Å². The number of likely N-dealkylation sites (tertiary alicyclic amines) is 1. The SMILES string of the molecule is CCCC(Cc1ccc(-n2ccc(N)nc2=O)cc1)N1C[C@@H]2C(CNC(=O)OC(C)(C)C)[C@@H]2C1. The number of amides is 1. The van der Waals surface area contributed by atoms with Crippen LogP contribution in [0, 0.1) is 17.8 Å². The first kappa shape index (κ1) is 24.3. The fourth-order valence-electron chi connectivity index (χ4n) is 5.22. The Balaban J connectivity index is 1.30. The minimum absolute atomic E-state index is 0.229. The second-order valence-corrected chi connectivity index (χ2v) is 10.6. The predicted molar refractivity (Wildman–Crippen MR) is 133 cm³/mol. The smallest absolute Gasteiger partial charge is 0.407 e. The van der Waals surface area contributed by atoms with E-state index in [1.807, 2.05) is 32.9 Å². The molecule has 1 saturated carbocycles. The van der Waals surface area contributed by atoms with Gasteiger partial charge in [-0.15, -0.1) is 0 Å². The quantitative estimate of drug-likeness (QED) is 0.618. The first-order chi connectivity index (χ1) is 16.1. The van der Waals surface area contributed by atoms with Crippen LogP contribution in [0.2, 0.25) is 0 Å². The number of carbonyl (C=O) groups excluding carboxylic acids is 1. The van der Waals surface area contributed by atoms with E-state index in [4.69, 9.17) is 10.5 Å². The Labute approximate surface area is 201 Å². The third-order valence-corrected chi connectivity index (χ3v) is 6.93. The van der Waals surface area contributed by atoms with Crippen molar-refractivity contribution >= 4 is 11.9 Å². The van der Waals surface area contributed by atoms with Crippen LogP contribution in [0.4, 0.5) is 10.6 Å². The monoisotopic (exact) mass is 467 g/mol. The Morgan fingerprint density at radius 1 is 1.21 bits per heavy atom. The number of rotatable bonds is 8. The highest BCUT2D eigenvalue weighted by atomic mass is 16.6. The Morgan fingerprint density at radius 2 is 1.88 bits per heavy atom. The molecule has 1 aliphatic carbocycles. The zero-order valence-electron chi connectivity index (χ0n) is 20.7. The highest BCUT2D eigenvalue weighted by Crippen LogP contribution is 2.52. The van der Waals surface area contributed by atoms with Gasteiger partial charge in [0.15, 0.2) is 0 Å². The van der Waals surface area contributed by atoms with Crippen molar-refractivity contribution in [3.05, 3.63) is 52.6 Å². The Hall–Kier alpha value is -2.87. The van der Waals surface area contributed by atoms with Crippen LogP contribution < -0.4 is 16.7 Å². The number of benzene rings is 1. The summed E-state index contributed by atoms with van der Waals surface area (Å²) in [6.45, 7) is 10.8. The van der Waals surface area contributed by atoms with Crippen molar-refractivity contribution in [2.24, 2.45) is 17.8 Å². The first-order valence-electron chi connectivity index (χ1n) is 12.3. The maximum Gasteiger partial charge on any atom is 0.407 e. The van der Waals surface area contributed by atoms with E-state index in [0.717, 1.165) is 38.0 Å². The number of nitrogen functional groups attached to an aromatic ring is 1. The van der Waals surface area contributed by atoms with Crippen molar-refractivity contribution in [1.82, 2.24) is 19.8 Å². The van der Waals surface area contributed by atoms with Crippen molar-refractivity contribution in [1.29, 1.82) is 0 Å². The fraction of sp³-hybridized carbons (Fsp3) is 0.577. The van der Waals surface area contributed by atoms with Crippen LogP contribution in [-0.4, -0.2) is 51.8 Å². The van der Waals surface area contributed by atoms with Crippen molar-refractivity contribution in [2.75, 3.05) is 25.4 Å². The number of aromatic nitrogens is 2. The molecule has 1 aromatic carbocycles. The van der Waals surface area contributed by atoms with Crippen LogP contribution in [-0.2, 0) is 11.2 Å². The van der Waals surface area contributed by atoms with Crippen molar-refractivity contribution in [2.45, 2.75) is 58.6 Å². The molecule has 8 heteroatoms. The molecule has 3 N–H and O–H groups in total. The van der Waals surface area contributed by atoms with E-state index in [9.17, 15) is 9.59 Å². The molecule has 2 aromatic rings. The molecular weight excluding hydrogens is 430 g/mol. The molecule has 4 rings (SSSR count). The Kier molecular flexibility index (Phi) is 6.98. The van der Waals surface area contributed by atoms with Gasteiger partial charge in [0.05, 0.1) is 5.69 Å². The van der Waals surface area contributed by atoms with E-state index < -0.39 is 5.60 Å². The number of carbonyl (C=O) groups is 1. The minimum Gasteiger partial charge on any atom is -0.444 e. The molecule has 1 aromatic heterocycles. The highest BCUT2D eigenvalue weighted by Gasteiger charge is 2.56. The lowest BCUT2D eigenvalue weighted by molar-refractivity contribution is 0.0521. The van der Waals surface area contributed by atoms with Gasteiger partial charge in [-0.3, -0.25) is 9.47 Å². The molecule has 2 heterocycles. The molecule has 0 spiro atoms. The van der Waals surface area contributed by atoms with Gasteiger partial charge in [-0.2, -0.15) is 4.98 Å². The molecule has 4 atom stereocenters. The third kappa shape index (κ3) is 5.78. The van der Waals surface area contributed by atoms with Gasteiger partial charge in [-0.05, 0) is 75.1 Å². The standard InChI is InChI=1S/C26H37N5O3/c1-5-6-19(13-17-7-9-18(10-8-17)31-12-11-23(27)29-24(31)32)30-15-21-20(22(21)16-30)14-28-25(33)34-26(2,3)4/h7-12,19-22H,5-6,13-16H2,1-4H3,(H,28,33)(H2,27,29,32)/t19?,20?,21-,22+. The molecule has 34 heavy (non-hydrogen) atoms. The average Bonchev–Trinajstić information content (AvgIpc) is 3.20. The van der Waals surface area contributed by atoms with Crippen LogP contribution in [0.15, 0.2) is 41.3 Å². The summed E-state index contributed by atoms with van der Waals surface area (Å²) in [7, 11) is 0. The summed E-state index contributed by atoms with van der Waals surface area (Å²) in [6, 6.07) is 10.3. The first-order valence-corrected chi connectivity index (χ1v) is 12.3. The molecule has 2 aliphatic rings. The molecule has 0 radical (unpaired) electrons. The lowest BCUT2D eigenvalue weighted by Crippen LogP contribution is -2.39. The number of nitrogens with two attached hydrogens (primary N) is 1. The highest BCUT2D eigenvalue weighted by molar-refractivity contribution is 5.67. The largest absolute Gasteiger partial charge is 0.444 e. The number of piperidine rings is 1. The normalized spacial score (nSPS) is 22.8. The summed E-state index contributed by atoms with van der Waals surface area (Å²) < 4.78 is 6.86. The van der Waals surface area contributed by atoms with Crippen molar-refractivity contribution in [3.63, 3.8) is 0 Å². The number of anilines is 1. The summed E-state index contributed by atoms with van der Waals surface area (Å²) >= 11 is 0. The van der Waals surface area contributed by atoms with Crippen LogP contribution in [0.5, 0.6) is 0 Å². The van der Waals surface area contributed by atoms with E-state index in [1.54, 1.807) is 12.3 Å². The van der Waals surface area contributed by atoms with Crippen LogP contribution in [0.25, 0.3) is 5.69 Å². The Bertz CT molecular complexity index is 1050. The van der Waals surface area contributed by atoms with Gasteiger partial charge in [0.25, 0.3) is 0 Å². The predicted octanol–water partition coefficient (Wildman–Crippen LogP) is 3.23. The zero-order valence-corrected chi connectivity index (χ0v) is 20.7. The van der Waals surface area contributed by atoms with E-state index >= 15 is 0 Å². The second-order valence-electron chi connectivity index (χ2n) is 10.6. The molecule has 2 fully saturated rings. The van der Waals surface area contributed by atoms with Gasteiger partial charge in [0, 0.05) is 31.9 Å². The lowest BCUT2D eigenvalue weighted by atomic mass is 10.00. The van der Waals surface area contributed by atoms with Gasteiger partial charge in [-0.1, -0.05) is 25.5 Å².